The fourth-order valence-electron chi connectivity index (χ4n) is 2.33. The standard InChI is InChI=1S/C11H19F2NO3/c12-11(13,10(16)17)9(15)8(14)6-7-4-2-1-3-5-7/h7-9,15H,1-6,14H2,(H,16,17)/p-1/t8-,9+/m0/s1. The van der Waals surface area contributed by atoms with Crippen molar-refractivity contribution in [3.05, 3.63) is 0 Å². The highest BCUT2D eigenvalue weighted by Gasteiger charge is 2.44. The van der Waals surface area contributed by atoms with Gasteiger partial charge in [0.25, 0.3) is 0 Å². The van der Waals surface area contributed by atoms with Gasteiger partial charge in [0.05, 0.1) is 0 Å². The Morgan fingerprint density at radius 2 is 1.94 bits per heavy atom. The molecule has 0 radical (unpaired) electrons. The molecule has 1 fully saturated rings. The molecular weight excluding hydrogens is 232 g/mol. The second kappa shape index (κ2) is 5.73. The molecule has 1 aliphatic carbocycles. The molecule has 0 aromatic rings. The van der Waals surface area contributed by atoms with Crippen molar-refractivity contribution in [2.75, 3.05) is 0 Å². The van der Waals surface area contributed by atoms with Crippen LogP contribution >= 0.6 is 0 Å². The van der Waals surface area contributed by atoms with Gasteiger partial charge in [0, 0.05) is 6.04 Å². The Hall–Kier alpha value is -0.750. The van der Waals surface area contributed by atoms with E-state index in [1.165, 1.54) is 0 Å². The predicted octanol–water partition coefficient (Wildman–Crippen LogP) is 0.0302. The van der Waals surface area contributed by atoms with E-state index in [-0.39, 0.29) is 12.3 Å². The maximum Gasteiger partial charge on any atom is 0.313 e. The molecule has 0 saturated heterocycles. The van der Waals surface area contributed by atoms with Crippen molar-refractivity contribution in [1.82, 2.24) is 0 Å². The molecule has 0 heterocycles. The number of aliphatic hydroxyl groups excluding tert-OH is 1. The predicted molar refractivity (Wildman–Crippen MR) is 55.1 cm³/mol. The Kier molecular flexibility index (Phi) is 4.82. The van der Waals surface area contributed by atoms with E-state index < -0.39 is 24.0 Å². The van der Waals surface area contributed by atoms with Gasteiger partial charge in [0.15, 0.2) is 0 Å². The van der Waals surface area contributed by atoms with Crippen LogP contribution in [0.1, 0.15) is 38.5 Å². The summed E-state index contributed by atoms with van der Waals surface area (Å²) in [6, 6.07) is -1.23. The molecule has 0 spiro atoms. The number of carbonyl (C=O) groups excluding carboxylic acids is 1. The van der Waals surface area contributed by atoms with Gasteiger partial charge in [-0.2, -0.15) is 8.78 Å². The van der Waals surface area contributed by atoms with Crippen LogP contribution in [0.2, 0.25) is 0 Å². The average molecular weight is 250 g/mol. The third kappa shape index (κ3) is 3.61. The largest absolute Gasteiger partial charge is 0.544 e. The van der Waals surface area contributed by atoms with Gasteiger partial charge in [-0.05, 0) is 12.3 Å². The van der Waals surface area contributed by atoms with Crippen molar-refractivity contribution in [2.45, 2.75) is 56.6 Å². The molecule has 17 heavy (non-hydrogen) atoms. The normalized spacial score (nSPS) is 22.1. The summed E-state index contributed by atoms with van der Waals surface area (Å²) in [7, 11) is 0. The topological polar surface area (TPSA) is 86.4 Å². The van der Waals surface area contributed by atoms with E-state index in [2.05, 4.69) is 0 Å². The number of carboxylic acids is 1. The zero-order valence-corrected chi connectivity index (χ0v) is 9.57. The molecule has 4 nitrogen and oxygen atoms in total. The number of hydrogen-bond acceptors (Lipinski definition) is 4. The second-order valence-corrected chi connectivity index (χ2v) is 4.76. The number of aliphatic hydroxyl groups is 1. The van der Waals surface area contributed by atoms with E-state index in [1.807, 2.05) is 0 Å². The Morgan fingerprint density at radius 3 is 2.41 bits per heavy atom. The number of carboxylic acid groups (broad SMARTS) is 1. The summed E-state index contributed by atoms with van der Waals surface area (Å²) in [6.07, 6.45) is 2.84. The van der Waals surface area contributed by atoms with Crippen LogP contribution in [0, 0.1) is 5.92 Å². The van der Waals surface area contributed by atoms with Crippen molar-refractivity contribution >= 4 is 5.97 Å². The first-order chi connectivity index (χ1) is 7.85. The molecular formula is C11H18F2NO3-. The molecule has 6 heteroatoms. The number of alkyl halides is 2. The number of aliphatic carboxylic acids is 1. The maximum atomic E-state index is 13.0. The maximum absolute atomic E-state index is 13.0. The zero-order chi connectivity index (χ0) is 13.1. The third-order valence-corrected chi connectivity index (χ3v) is 3.38. The van der Waals surface area contributed by atoms with Crippen molar-refractivity contribution < 1.29 is 23.8 Å². The fraction of sp³-hybridized carbons (Fsp3) is 0.909. The van der Waals surface area contributed by atoms with E-state index in [0.717, 1.165) is 32.1 Å². The van der Waals surface area contributed by atoms with Gasteiger partial charge in [-0.3, -0.25) is 0 Å². The quantitative estimate of drug-likeness (QED) is 0.720. The molecule has 2 atom stereocenters. The molecule has 1 saturated carbocycles. The molecule has 0 aliphatic heterocycles. The number of carbonyl (C=O) groups is 1. The Bertz CT molecular complexity index is 267. The summed E-state index contributed by atoms with van der Waals surface area (Å²) in [6.45, 7) is 0. The van der Waals surface area contributed by atoms with Crippen molar-refractivity contribution in [3.8, 4) is 0 Å². The molecule has 0 unspecified atom stereocenters. The molecule has 100 valence electrons. The smallest absolute Gasteiger partial charge is 0.313 e. The molecule has 1 aliphatic rings. The fourth-order valence-corrected chi connectivity index (χ4v) is 2.33. The summed E-state index contributed by atoms with van der Waals surface area (Å²) in [5.41, 5.74) is 5.45. The van der Waals surface area contributed by atoms with Gasteiger partial charge < -0.3 is 20.7 Å². The highest BCUT2D eigenvalue weighted by molar-refractivity contribution is 5.74. The van der Waals surface area contributed by atoms with Crippen LogP contribution in [0.15, 0.2) is 0 Å². The number of nitrogens with two attached hydrogens (primary N) is 1. The second-order valence-electron chi connectivity index (χ2n) is 4.76. The van der Waals surface area contributed by atoms with E-state index in [0.29, 0.717) is 0 Å². The van der Waals surface area contributed by atoms with Crippen LogP contribution in [-0.4, -0.2) is 29.1 Å². The summed E-state index contributed by atoms with van der Waals surface area (Å²) < 4.78 is 25.9. The first kappa shape index (κ1) is 14.3. The molecule has 0 aromatic heterocycles. The number of halogens is 2. The van der Waals surface area contributed by atoms with Crippen LogP contribution < -0.4 is 10.8 Å². The summed E-state index contributed by atoms with van der Waals surface area (Å²) in [5.74, 6) is -6.66. The first-order valence-electron chi connectivity index (χ1n) is 5.88. The SMILES string of the molecule is N[C@@H](CC1CCCCC1)[C@@H](O)C(F)(F)C(=O)[O-]. The molecule has 0 amide bonds. The Labute approximate surface area is 98.8 Å². The van der Waals surface area contributed by atoms with Crippen molar-refractivity contribution in [2.24, 2.45) is 11.7 Å². The van der Waals surface area contributed by atoms with Crippen molar-refractivity contribution in [3.63, 3.8) is 0 Å². The van der Waals surface area contributed by atoms with Gasteiger partial charge in [0.2, 0.25) is 0 Å². The van der Waals surface area contributed by atoms with E-state index in [9.17, 15) is 23.8 Å². The van der Waals surface area contributed by atoms with Gasteiger partial charge in [0.1, 0.15) is 12.1 Å². The van der Waals surface area contributed by atoms with Crippen LogP contribution in [0.25, 0.3) is 0 Å². The summed E-state index contributed by atoms with van der Waals surface area (Å²) in [5, 5.41) is 19.4. The lowest BCUT2D eigenvalue weighted by atomic mass is 9.83. The zero-order valence-electron chi connectivity index (χ0n) is 9.57. The highest BCUT2D eigenvalue weighted by atomic mass is 19.3. The molecule has 0 bridgehead atoms. The Balaban J connectivity index is 2.51. The monoisotopic (exact) mass is 250 g/mol. The first-order valence-corrected chi connectivity index (χ1v) is 5.88. The van der Waals surface area contributed by atoms with Crippen LogP contribution in [0.5, 0.6) is 0 Å². The number of hydrogen-bond donors (Lipinski definition) is 2. The molecule has 0 aromatic carbocycles. The van der Waals surface area contributed by atoms with Crippen LogP contribution in [0.4, 0.5) is 8.78 Å². The van der Waals surface area contributed by atoms with Crippen molar-refractivity contribution in [1.29, 1.82) is 0 Å². The van der Waals surface area contributed by atoms with E-state index in [1.54, 1.807) is 0 Å². The lowest BCUT2D eigenvalue weighted by molar-refractivity contribution is -0.336. The minimum Gasteiger partial charge on any atom is -0.544 e. The summed E-state index contributed by atoms with van der Waals surface area (Å²) >= 11 is 0. The third-order valence-electron chi connectivity index (χ3n) is 3.38. The average Bonchev–Trinajstić information content (AvgIpc) is 2.29. The lowest BCUT2D eigenvalue weighted by Crippen LogP contribution is -2.56. The van der Waals surface area contributed by atoms with Gasteiger partial charge in [-0.25, -0.2) is 0 Å². The van der Waals surface area contributed by atoms with Gasteiger partial charge in [-0.1, -0.05) is 32.1 Å². The van der Waals surface area contributed by atoms with Crippen LogP contribution in [0.3, 0.4) is 0 Å². The number of rotatable bonds is 5. The lowest BCUT2D eigenvalue weighted by Gasteiger charge is -2.31. The highest BCUT2D eigenvalue weighted by Crippen LogP contribution is 2.29. The summed E-state index contributed by atoms with van der Waals surface area (Å²) in [4.78, 5) is 10.2. The van der Waals surface area contributed by atoms with Crippen LogP contribution in [-0.2, 0) is 4.79 Å². The van der Waals surface area contributed by atoms with E-state index >= 15 is 0 Å². The van der Waals surface area contributed by atoms with Gasteiger partial charge in [-0.15, -0.1) is 0 Å². The Morgan fingerprint density at radius 1 is 1.41 bits per heavy atom. The van der Waals surface area contributed by atoms with E-state index in [4.69, 9.17) is 5.73 Å². The minimum atomic E-state index is -4.28. The minimum absolute atomic E-state index is 0.200. The molecule has 1 rings (SSSR count). The van der Waals surface area contributed by atoms with Gasteiger partial charge >= 0.3 is 5.92 Å². The molecule has 3 N–H and O–H groups in total.